The summed E-state index contributed by atoms with van der Waals surface area (Å²) in [6, 6.07) is 6.86. The summed E-state index contributed by atoms with van der Waals surface area (Å²) in [6.45, 7) is 5.55. The minimum atomic E-state index is -0.737. The number of methoxy groups -OCH3 is 1. The molecule has 0 saturated carbocycles. The molecule has 0 bridgehead atoms. The molecule has 2 heterocycles. The summed E-state index contributed by atoms with van der Waals surface area (Å²) in [7, 11) is 1.30. The van der Waals surface area contributed by atoms with Crippen molar-refractivity contribution in [2.45, 2.75) is 32.9 Å². The number of benzene rings is 1. The maximum absolute atomic E-state index is 13.0. The molecule has 1 unspecified atom stereocenters. The second-order valence-corrected chi connectivity index (χ2v) is 7.03. The van der Waals surface area contributed by atoms with Crippen LogP contribution in [0.15, 0.2) is 40.8 Å². The Labute approximate surface area is 155 Å². The second-order valence-electron chi connectivity index (χ2n) is 6.18. The van der Waals surface area contributed by atoms with Crippen molar-refractivity contribution in [1.29, 1.82) is 0 Å². The lowest BCUT2D eigenvalue weighted by Gasteiger charge is -2.12. The number of aromatic nitrogens is 2. The van der Waals surface area contributed by atoms with Crippen molar-refractivity contribution in [2.75, 3.05) is 7.11 Å². The molecule has 1 aromatic carbocycles. The van der Waals surface area contributed by atoms with E-state index in [9.17, 15) is 9.59 Å². The molecule has 0 N–H and O–H groups in total. The first-order valence-electron chi connectivity index (χ1n) is 8.25. The van der Waals surface area contributed by atoms with Crippen molar-refractivity contribution >= 4 is 27.5 Å². The van der Waals surface area contributed by atoms with Gasteiger partial charge >= 0.3 is 5.97 Å². The SMILES string of the molecule is COC(=O)C(C)n1cnc2scc(-c3ccc(OC(C)C)cc3)c2c1=O. The first-order chi connectivity index (χ1) is 12.4. The van der Waals surface area contributed by atoms with Gasteiger partial charge in [-0.05, 0) is 38.5 Å². The van der Waals surface area contributed by atoms with E-state index in [0.717, 1.165) is 16.9 Å². The molecular weight excluding hydrogens is 352 g/mol. The van der Waals surface area contributed by atoms with Crippen molar-refractivity contribution in [2.24, 2.45) is 0 Å². The number of carbonyl (C=O) groups is 1. The van der Waals surface area contributed by atoms with Crippen LogP contribution in [-0.2, 0) is 9.53 Å². The Morgan fingerprint density at radius 1 is 1.19 bits per heavy atom. The van der Waals surface area contributed by atoms with E-state index in [-0.39, 0.29) is 11.7 Å². The lowest BCUT2D eigenvalue weighted by atomic mass is 10.1. The molecule has 0 amide bonds. The fourth-order valence-electron chi connectivity index (χ4n) is 2.70. The molecule has 0 spiro atoms. The van der Waals surface area contributed by atoms with Gasteiger partial charge in [-0.1, -0.05) is 12.1 Å². The average Bonchev–Trinajstić information content (AvgIpc) is 3.06. The maximum Gasteiger partial charge on any atom is 0.328 e. The third-order valence-electron chi connectivity index (χ3n) is 4.02. The van der Waals surface area contributed by atoms with Gasteiger partial charge in [-0.3, -0.25) is 9.36 Å². The van der Waals surface area contributed by atoms with Gasteiger partial charge in [-0.15, -0.1) is 11.3 Å². The number of esters is 1. The van der Waals surface area contributed by atoms with Gasteiger partial charge in [0.2, 0.25) is 0 Å². The smallest absolute Gasteiger partial charge is 0.328 e. The molecule has 3 rings (SSSR count). The Morgan fingerprint density at radius 3 is 2.50 bits per heavy atom. The molecule has 0 saturated heterocycles. The molecule has 0 fully saturated rings. The predicted octanol–water partition coefficient (Wildman–Crippen LogP) is 3.65. The molecule has 6 nitrogen and oxygen atoms in total. The summed E-state index contributed by atoms with van der Waals surface area (Å²) >= 11 is 1.40. The van der Waals surface area contributed by atoms with Crippen LogP contribution in [0.3, 0.4) is 0 Å². The molecule has 0 aliphatic rings. The van der Waals surface area contributed by atoms with Crippen LogP contribution < -0.4 is 10.3 Å². The number of ether oxygens (including phenoxy) is 2. The molecule has 7 heteroatoms. The Bertz CT molecular complexity index is 989. The van der Waals surface area contributed by atoms with Gasteiger partial charge < -0.3 is 9.47 Å². The van der Waals surface area contributed by atoms with Gasteiger partial charge in [0.15, 0.2) is 0 Å². The number of nitrogens with zero attached hydrogens (tertiary/aromatic N) is 2. The number of hydrogen-bond donors (Lipinski definition) is 0. The van der Waals surface area contributed by atoms with E-state index in [1.165, 1.54) is 29.3 Å². The van der Waals surface area contributed by atoms with E-state index < -0.39 is 12.0 Å². The Balaban J connectivity index is 2.07. The van der Waals surface area contributed by atoms with Crippen molar-refractivity contribution in [1.82, 2.24) is 9.55 Å². The van der Waals surface area contributed by atoms with Crippen LogP contribution in [0.4, 0.5) is 0 Å². The normalized spacial score (nSPS) is 12.3. The first kappa shape index (κ1) is 18.1. The lowest BCUT2D eigenvalue weighted by molar-refractivity contribution is -0.144. The van der Waals surface area contributed by atoms with Crippen LogP contribution in [-0.4, -0.2) is 28.7 Å². The monoisotopic (exact) mass is 372 g/mol. The predicted molar refractivity (Wildman–Crippen MR) is 102 cm³/mol. The standard InChI is InChI=1S/C19H20N2O4S/c1-11(2)25-14-7-5-13(6-8-14)15-9-26-17-16(15)18(22)21(10-20-17)12(3)19(23)24-4/h5-12H,1-4H3. The number of carbonyl (C=O) groups excluding carboxylic acids is 1. The van der Waals surface area contributed by atoms with Crippen LogP contribution in [0, 0.1) is 0 Å². The Kier molecular flexibility index (Phi) is 5.08. The zero-order valence-electron chi connectivity index (χ0n) is 15.1. The van der Waals surface area contributed by atoms with E-state index >= 15 is 0 Å². The number of rotatable bonds is 5. The largest absolute Gasteiger partial charge is 0.491 e. The maximum atomic E-state index is 13.0. The van der Waals surface area contributed by atoms with E-state index in [1.54, 1.807) is 6.92 Å². The van der Waals surface area contributed by atoms with Crippen LogP contribution in [0.25, 0.3) is 21.3 Å². The molecule has 0 aliphatic heterocycles. The third kappa shape index (κ3) is 3.35. The number of fused-ring (bicyclic) bond motifs is 1. The highest BCUT2D eigenvalue weighted by molar-refractivity contribution is 7.17. The van der Waals surface area contributed by atoms with Crippen molar-refractivity contribution < 1.29 is 14.3 Å². The molecule has 1 atom stereocenters. The number of hydrogen-bond acceptors (Lipinski definition) is 6. The summed E-state index contributed by atoms with van der Waals surface area (Å²) in [6.07, 6.45) is 1.49. The van der Waals surface area contributed by atoms with Gasteiger partial charge in [-0.25, -0.2) is 9.78 Å². The minimum absolute atomic E-state index is 0.0963. The Hall–Kier alpha value is -2.67. The molecule has 26 heavy (non-hydrogen) atoms. The molecule has 3 aromatic rings. The third-order valence-corrected chi connectivity index (χ3v) is 4.90. The lowest BCUT2D eigenvalue weighted by Crippen LogP contribution is -2.29. The fraction of sp³-hybridized carbons (Fsp3) is 0.316. The topological polar surface area (TPSA) is 70.4 Å². The highest BCUT2D eigenvalue weighted by Gasteiger charge is 2.20. The van der Waals surface area contributed by atoms with Crippen molar-refractivity contribution in [3.05, 3.63) is 46.3 Å². The zero-order chi connectivity index (χ0) is 18.8. The highest BCUT2D eigenvalue weighted by atomic mass is 32.1. The van der Waals surface area contributed by atoms with Gasteiger partial charge in [0, 0.05) is 10.9 Å². The van der Waals surface area contributed by atoms with Crippen LogP contribution >= 0.6 is 11.3 Å². The second kappa shape index (κ2) is 7.29. The summed E-state index contributed by atoms with van der Waals surface area (Å²) in [5, 5.41) is 2.41. The van der Waals surface area contributed by atoms with E-state index in [2.05, 4.69) is 4.98 Å². The van der Waals surface area contributed by atoms with Gasteiger partial charge in [0.05, 0.1) is 24.9 Å². The van der Waals surface area contributed by atoms with Crippen molar-refractivity contribution in [3.8, 4) is 16.9 Å². The Morgan fingerprint density at radius 2 is 1.88 bits per heavy atom. The molecular formula is C19H20N2O4S. The van der Waals surface area contributed by atoms with Crippen LogP contribution in [0.5, 0.6) is 5.75 Å². The van der Waals surface area contributed by atoms with Crippen LogP contribution in [0.1, 0.15) is 26.8 Å². The molecule has 0 radical (unpaired) electrons. The van der Waals surface area contributed by atoms with Gasteiger partial charge in [-0.2, -0.15) is 0 Å². The average molecular weight is 372 g/mol. The van der Waals surface area contributed by atoms with Crippen molar-refractivity contribution in [3.63, 3.8) is 0 Å². The summed E-state index contributed by atoms with van der Waals surface area (Å²) in [4.78, 5) is 29.7. The summed E-state index contributed by atoms with van der Waals surface area (Å²) in [5.74, 6) is 0.290. The molecule has 2 aromatic heterocycles. The molecule has 0 aliphatic carbocycles. The van der Waals surface area contributed by atoms with Gasteiger partial charge in [0.25, 0.3) is 5.56 Å². The quantitative estimate of drug-likeness (QED) is 0.640. The van der Waals surface area contributed by atoms with Crippen LogP contribution in [0.2, 0.25) is 0 Å². The molecule has 136 valence electrons. The minimum Gasteiger partial charge on any atom is -0.491 e. The first-order valence-corrected chi connectivity index (χ1v) is 9.13. The highest BCUT2D eigenvalue weighted by Crippen LogP contribution is 2.32. The van der Waals surface area contributed by atoms with Gasteiger partial charge in [0.1, 0.15) is 16.6 Å². The van der Waals surface area contributed by atoms with E-state index in [0.29, 0.717) is 10.2 Å². The summed E-state index contributed by atoms with van der Waals surface area (Å²) in [5.41, 5.74) is 1.44. The van der Waals surface area contributed by atoms with E-state index in [4.69, 9.17) is 9.47 Å². The zero-order valence-corrected chi connectivity index (χ0v) is 15.9. The number of thiophene rings is 1. The van der Waals surface area contributed by atoms with E-state index in [1.807, 2.05) is 43.5 Å². The fourth-order valence-corrected chi connectivity index (χ4v) is 3.61. The summed E-state index contributed by atoms with van der Waals surface area (Å²) < 4.78 is 11.7.